The predicted molar refractivity (Wildman–Crippen MR) is 223 cm³/mol. The largest absolute Gasteiger partial charge is 0.508 e. The number of nitrogens with zero attached hydrogens (tertiary/aromatic N) is 7. The number of carbonyl (C=O) groups is 1. The van der Waals surface area contributed by atoms with Crippen LogP contribution >= 0.6 is 0 Å². The second-order valence-corrected chi connectivity index (χ2v) is 16.2. The molecular weight excluding hydrogens is 724 g/mol. The van der Waals surface area contributed by atoms with Crippen molar-refractivity contribution in [2.45, 2.75) is 76.8 Å². The number of carbonyl (C=O) groups excluding carboxylic acids is 1. The van der Waals surface area contributed by atoms with Gasteiger partial charge in [0.2, 0.25) is 0 Å². The summed E-state index contributed by atoms with van der Waals surface area (Å²) in [5, 5.41) is 20.2. The first kappa shape index (κ1) is 39.1. The molecule has 8 rings (SSSR count). The lowest BCUT2D eigenvalue weighted by Crippen LogP contribution is -2.50. The van der Waals surface area contributed by atoms with Crippen molar-refractivity contribution >= 4 is 47.2 Å². The average Bonchev–Trinajstić information content (AvgIpc) is 3.84. The number of allylic oxidation sites excluding steroid dienone is 2. The fourth-order valence-electron chi connectivity index (χ4n) is 9.59. The number of aromatic hydroxyl groups is 1. The zero-order valence-corrected chi connectivity index (χ0v) is 33.0. The lowest BCUT2D eigenvalue weighted by molar-refractivity contribution is -0.107. The Morgan fingerprint density at radius 2 is 1.82 bits per heavy atom. The Kier molecular flexibility index (Phi) is 12.2. The molecule has 1 aromatic heterocycles. The number of hydrogen-bond donors (Lipinski definition) is 2. The summed E-state index contributed by atoms with van der Waals surface area (Å²) in [6, 6.07) is 11.8. The van der Waals surface area contributed by atoms with Crippen molar-refractivity contribution in [3.05, 3.63) is 70.5 Å². The molecule has 4 fully saturated rings. The smallest absolute Gasteiger partial charge is 0.175 e. The van der Waals surface area contributed by atoms with Crippen LogP contribution in [0.4, 0.5) is 10.2 Å². The van der Waals surface area contributed by atoms with Crippen LogP contribution in [0, 0.1) is 11.8 Å². The molecule has 57 heavy (non-hydrogen) atoms. The highest BCUT2D eigenvalue weighted by Gasteiger charge is 2.36. The number of piperidine rings is 2. The van der Waals surface area contributed by atoms with E-state index in [4.69, 9.17) is 19.2 Å². The molecule has 2 unspecified atom stereocenters. The molecule has 0 aliphatic carbocycles. The third kappa shape index (κ3) is 8.75. The summed E-state index contributed by atoms with van der Waals surface area (Å²) in [4.78, 5) is 31.6. The van der Waals surface area contributed by atoms with Crippen LogP contribution in [-0.2, 0) is 22.4 Å². The highest BCUT2D eigenvalue weighted by atomic mass is 19.1. The molecular formula is C44H55FN8O4. The number of rotatable bonds is 14. The van der Waals surface area contributed by atoms with E-state index in [-0.39, 0.29) is 30.3 Å². The van der Waals surface area contributed by atoms with E-state index in [2.05, 4.69) is 43.8 Å². The number of phenolic OH excluding ortho intramolecular Hbond substituents is 1. The van der Waals surface area contributed by atoms with Gasteiger partial charge in [0.1, 0.15) is 41.8 Å². The molecule has 2 atom stereocenters. The molecule has 5 aliphatic heterocycles. The van der Waals surface area contributed by atoms with E-state index >= 15 is 4.39 Å². The molecule has 13 heteroatoms. The second-order valence-electron chi connectivity index (χ2n) is 16.2. The minimum atomic E-state index is -0.567. The topological polar surface area (TPSA) is 131 Å². The fraction of sp³-hybridized carbons (Fsp3) is 0.523. The van der Waals surface area contributed by atoms with Gasteiger partial charge in [-0.3, -0.25) is 9.98 Å². The highest BCUT2D eigenvalue weighted by Crippen LogP contribution is 2.38. The fourth-order valence-corrected chi connectivity index (χ4v) is 9.59. The molecule has 4 saturated heterocycles. The van der Waals surface area contributed by atoms with Crippen LogP contribution in [0.2, 0.25) is 0 Å². The van der Waals surface area contributed by atoms with Gasteiger partial charge in [0.25, 0.3) is 0 Å². The average molecular weight is 779 g/mol. The number of ether oxygens (including phenoxy) is 1. The van der Waals surface area contributed by atoms with Gasteiger partial charge in [-0.2, -0.15) is 0 Å². The Hall–Kier alpha value is -4.72. The molecule has 0 saturated carbocycles. The van der Waals surface area contributed by atoms with E-state index in [1.54, 1.807) is 18.3 Å². The maximum atomic E-state index is 17.0. The normalized spacial score (nSPS) is 23.9. The highest BCUT2D eigenvalue weighted by molar-refractivity contribution is 6.29. The number of phenols is 1. The Morgan fingerprint density at radius 1 is 1.07 bits per heavy atom. The standard InChI is InChI=1S/C44H55FN8O4/c1-3-31-5-4-6-32-22-35(55)23-37(40(31)32)42-41(45)43(38(25-47-42)44(46-2)53-26-33-7-8-34(27-53)49-33)48-28-56-20-18-51-14-9-29(10-15-51)21-30-11-16-52(17-12-30)39-24-36(13-19-54)57-50-39/h4-6,19,22-25,29-30,33-34,49,55H,2-3,7-18,20-21,26-28H2,1H3/b44-38+,48-43+. The van der Waals surface area contributed by atoms with Crippen LogP contribution in [0.5, 0.6) is 5.75 Å². The number of likely N-dealkylation sites (tertiary alicyclic amines) is 2. The monoisotopic (exact) mass is 778 g/mol. The van der Waals surface area contributed by atoms with E-state index in [1.165, 1.54) is 19.3 Å². The number of aldehydes is 1. The van der Waals surface area contributed by atoms with Gasteiger partial charge in [0.05, 0.1) is 18.6 Å². The maximum absolute atomic E-state index is 17.0. The third-order valence-electron chi connectivity index (χ3n) is 12.6. The summed E-state index contributed by atoms with van der Waals surface area (Å²) in [6.07, 6.45) is 11.6. The van der Waals surface area contributed by atoms with Crippen molar-refractivity contribution in [2.24, 2.45) is 26.8 Å². The minimum absolute atomic E-state index is 0.00645. The van der Waals surface area contributed by atoms with E-state index in [9.17, 15) is 9.90 Å². The van der Waals surface area contributed by atoms with Crippen LogP contribution in [0.3, 0.4) is 0 Å². The predicted octanol–water partition coefficient (Wildman–Crippen LogP) is 6.34. The Bertz CT molecular complexity index is 2050. The van der Waals surface area contributed by atoms with Crippen molar-refractivity contribution in [3.8, 4) is 5.75 Å². The number of aromatic nitrogens is 1. The Balaban J connectivity index is 0.903. The van der Waals surface area contributed by atoms with Gasteiger partial charge in [0.15, 0.2) is 11.6 Å². The number of aryl methyl sites for hydroxylation is 1. The first-order chi connectivity index (χ1) is 27.9. The molecule has 0 radical (unpaired) electrons. The molecule has 12 nitrogen and oxygen atoms in total. The first-order valence-corrected chi connectivity index (χ1v) is 20.8. The number of anilines is 1. The zero-order chi connectivity index (χ0) is 39.3. The molecule has 0 amide bonds. The molecule has 2 bridgehead atoms. The molecule has 0 spiro atoms. The first-order valence-electron chi connectivity index (χ1n) is 20.8. The summed E-state index contributed by atoms with van der Waals surface area (Å²) < 4.78 is 28.4. The molecule has 5 aliphatic rings. The van der Waals surface area contributed by atoms with Gasteiger partial charge >= 0.3 is 0 Å². The number of aliphatic imine (C=N–C) groups is 3. The van der Waals surface area contributed by atoms with Crippen molar-refractivity contribution in [2.75, 3.05) is 64.1 Å². The minimum Gasteiger partial charge on any atom is -0.508 e. The van der Waals surface area contributed by atoms with E-state index in [1.807, 2.05) is 24.3 Å². The quantitative estimate of drug-likeness (QED) is 0.109. The Labute approximate surface area is 334 Å². The summed E-state index contributed by atoms with van der Waals surface area (Å²) in [5.74, 6) is 2.98. The van der Waals surface area contributed by atoms with Gasteiger partial charge in [-0.25, -0.2) is 9.38 Å². The number of fused-ring (bicyclic) bond motifs is 3. The Morgan fingerprint density at radius 3 is 2.54 bits per heavy atom. The van der Waals surface area contributed by atoms with E-state index in [0.717, 1.165) is 118 Å². The summed E-state index contributed by atoms with van der Waals surface area (Å²) >= 11 is 0. The van der Waals surface area contributed by atoms with Gasteiger partial charge in [0, 0.05) is 62.7 Å². The number of hydrogen-bond acceptors (Lipinski definition) is 12. The van der Waals surface area contributed by atoms with Crippen LogP contribution in [0.25, 0.3) is 16.5 Å². The van der Waals surface area contributed by atoms with Gasteiger partial charge in [-0.15, -0.1) is 0 Å². The molecule has 2 N–H and O–H groups in total. The van der Waals surface area contributed by atoms with E-state index in [0.29, 0.717) is 41.4 Å². The maximum Gasteiger partial charge on any atom is 0.175 e. The summed E-state index contributed by atoms with van der Waals surface area (Å²) in [5.41, 5.74) is 2.35. The molecule has 3 aromatic rings. The summed E-state index contributed by atoms with van der Waals surface area (Å²) in [7, 11) is 0. The molecule has 6 heterocycles. The molecule has 2 aromatic carbocycles. The molecule has 302 valence electrons. The lowest BCUT2D eigenvalue weighted by Gasteiger charge is -2.36. The van der Waals surface area contributed by atoms with Crippen molar-refractivity contribution in [3.63, 3.8) is 0 Å². The van der Waals surface area contributed by atoms with Crippen LogP contribution in [0.15, 0.2) is 73.1 Å². The van der Waals surface area contributed by atoms with Crippen molar-refractivity contribution < 1.29 is 23.6 Å². The zero-order valence-electron chi connectivity index (χ0n) is 33.0. The van der Waals surface area contributed by atoms with Crippen molar-refractivity contribution in [1.82, 2.24) is 20.3 Å². The van der Waals surface area contributed by atoms with E-state index < -0.39 is 5.83 Å². The summed E-state index contributed by atoms with van der Waals surface area (Å²) in [6.45, 7) is 12.8. The van der Waals surface area contributed by atoms with Gasteiger partial charge < -0.3 is 39.2 Å². The second kappa shape index (κ2) is 17.8. The third-order valence-corrected chi connectivity index (χ3v) is 12.6. The van der Waals surface area contributed by atoms with Crippen LogP contribution in [0.1, 0.15) is 68.8 Å². The van der Waals surface area contributed by atoms with Crippen LogP contribution in [-0.4, -0.2) is 116 Å². The number of benzene rings is 2. The number of piperazine rings is 1. The van der Waals surface area contributed by atoms with Crippen LogP contribution < -0.4 is 10.2 Å². The SMILES string of the molecule is C=N/C(=C1/C=NC(c2cc(O)cc3cccc(CC)c23)=C(F)/C1=N/COCCN1CCC(CC2CCN(c3cc(CC=O)on3)CC2)CC1)N1CC2CCC(C1)N2. The lowest BCUT2D eigenvalue weighted by atomic mass is 9.83. The van der Waals surface area contributed by atoms with Crippen molar-refractivity contribution in [1.29, 1.82) is 0 Å². The number of nitrogens with one attached hydrogen (secondary N) is 1. The van der Waals surface area contributed by atoms with Gasteiger partial charge in [-0.05, 0) is 111 Å². The number of halogens is 1. The van der Waals surface area contributed by atoms with Gasteiger partial charge in [-0.1, -0.05) is 30.3 Å².